The van der Waals surface area contributed by atoms with Gasteiger partial charge in [-0.2, -0.15) is 5.10 Å². The van der Waals surface area contributed by atoms with Crippen LogP contribution in [0.5, 0.6) is 0 Å². The normalized spacial score (nSPS) is 11.1. The topological polar surface area (TPSA) is 114 Å². The van der Waals surface area contributed by atoms with Gasteiger partial charge in [0.1, 0.15) is 0 Å². The Hall–Kier alpha value is -3.05. The van der Waals surface area contributed by atoms with Gasteiger partial charge < -0.3 is 10.6 Å². The fourth-order valence-electron chi connectivity index (χ4n) is 2.71. The third-order valence-corrected chi connectivity index (χ3v) is 5.68. The van der Waals surface area contributed by atoms with E-state index in [1.54, 1.807) is 18.2 Å². The van der Waals surface area contributed by atoms with Crippen LogP contribution < -0.4 is 15.4 Å². The molecule has 0 amide bonds. The van der Waals surface area contributed by atoms with Crippen LogP contribution in [0, 0.1) is 13.8 Å². The Morgan fingerprint density at radius 1 is 1.10 bits per heavy atom. The minimum absolute atomic E-state index is 0.0124. The summed E-state index contributed by atoms with van der Waals surface area (Å²) in [6.45, 7) is 6.67. The van der Waals surface area contributed by atoms with E-state index in [9.17, 15) is 8.42 Å². The van der Waals surface area contributed by atoms with Gasteiger partial charge in [-0.15, -0.1) is 0 Å². The third-order valence-electron chi connectivity index (χ3n) is 4.13. The number of rotatable bonds is 6. The minimum atomic E-state index is -3.78. The number of anilines is 3. The predicted octanol–water partition coefficient (Wildman–Crippen LogP) is 2.92. The summed E-state index contributed by atoms with van der Waals surface area (Å²) in [5.41, 5.74) is 3.35. The van der Waals surface area contributed by atoms with E-state index in [1.165, 1.54) is 24.5 Å². The SMILES string of the molecule is CCn1nc(C)c(NC(=S)Nc2ccc(S(=O)(=O)Nc3ncccn3)cc2)c1C. The van der Waals surface area contributed by atoms with E-state index in [-0.39, 0.29) is 10.8 Å². The lowest BCUT2D eigenvalue weighted by molar-refractivity contribution is 0.601. The number of aryl methyl sites for hydroxylation is 2. The Labute approximate surface area is 174 Å². The van der Waals surface area contributed by atoms with E-state index in [0.717, 1.165) is 23.6 Å². The van der Waals surface area contributed by atoms with Crippen LogP contribution in [0.4, 0.5) is 17.3 Å². The van der Waals surface area contributed by atoms with Gasteiger partial charge in [0.05, 0.1) is 22.0 Å². The molecular formula is C18H21N7O2S2. The van der Waals surface area contributed by atoms with Gasteiger partial charge in [0.25, 0.3) is 10.0 Å². The quantitative estimate of drug-likeness (QED) is 0.511. The maximum Gasteiger partial charge on any atom is 0.264 e. The maximum atomic E-state index is 12.4. The first-order chi connectivity index (χ1) is 13.8. The van der Waals surface area contributed by atoms with Crippen molar-refractivity contribution in [2.45, 2.75) is 32.2 Å². The summed E-state index contributed by atoms with van der Waals surface area (Å²) in [6.07, 6.45) is 2.92. The molecule has 0 spiro atoms. The third kappa shape index (κ3) is 4.87. The molecule has 1 aromatic carbocycles. The summed E-state index contributed by atoms with van der Waals surface area (Å²) in [5.74, 6) is 0.0124. The van der Waals surface area contributed by atoms with Gasteiger partial charge in [-0.3, -0.25) is 4.68 Å². The van der Waals surface area contributed by atoms with Crippen molar-refractivity contribution < 1.29 is 8.42 Å². The van der Waals surface area contributed by atoms with Crippen LogP contribution in [0.15, 0.2) is 47.6 Å². The zero-order chi connectivity index (χ0) is 21.0. The van der Waals surface area contributed by atoms with Crippen LogP contribution in [0.25, 0.3) is 0 Å². The monoisotopic (exact) mass is 431 g/mol. The molecule has 0 saturated heterocycles. The van der Waals surface area contributed by atoms with Crippen molar-refractivity contribution in [3.8, 4) is 0 Å². The molecule has 29 heavy (non-hydrogen) atoms. The summed E-state index contributed by atoms with van der Waals surface area (Å²) < 4.78 is 29.1. The second-order valence-corrected chi connectivity index (χ2v) is 8.23. The zero-order valence-electron chi connectivity index (χ0n) is 16.2. The van der Waals surface area contributed by atoms with E-state index in [1.807, 2.05) is 25.5 Å². The Morgan fingerprint density at radius 2 is 1.76 bits per heavy atom. The van der Waals surface area contributed by atoms with Gasteiger partial charge in [0.2, 0.25) is 5.95 Å². The Bertz CT molecular complexity index is 1110. The van der Waals surface area contributed by atoms with Crippen molar-refractivity contribution in [1.29, 1.82) is 0 Å². The average Bonchev–Trinajstić information content (AvgIpc) is 2.96. The molecule has 0 saturated carbocycles. The van der Waals surface area contributed by atoms with Gasteiger partial charge in [0, 0.05) is 24.6 Å². The van der Waals surface area contributed by atoms with Gasteiger partial charge in [-0.1, -0.05) is 0 Å². The number of hydrogen-bond acceptors (Lipinski definition) is 6. The van der Waals surface area contributed by atoms with E-state index in [4.69, 9.17) is 12.2 Å². The van der Waals surface area contributed by atoms with Crippen LogP contribution in [0.3, 0.4) is 0 Å². The van der Waals surface area contributed by atoms with E-state index < -0.39 is 10.0 Å². The van der Waals surface area contributed by atoms with Crippen LogP contribution in [-0.2, 0) is 16.6 Å². The van der Waals surface area contributed by atoms with Gasteiger partial charge in [-0.05, 0) is 63.3 Å². The largest absolute Gasteiger partial charge is 0.332 e. The number of aromatic nitrogens is 4. The summed E-state index contributed by atoms with van der Waals surface area (Å²) >= 11 is 5.37. The molecule has 0 aliphatic carbocycles. The van der Waals surface area contributed by atoms with Crippen molar-refractivity contribution in [3.05, 3.63) is 54.1 Å². The van der Waals surface area contributed by atoms with Crippen molar-refractivity contribution in [3.63, 3.8) is 0 Å². The molecule has 0 unspecified atom stereocenters. The van der Waals surface area contributed by atoms with Crippen molar-refractivity contribution in [2.24, 2.45) is 0 Å². The number of benzene rings is 1. The van der Waals surface area contributed by atoms with E-state index in [0.29, 0.717) is 10.8 Å². The maximum absolute atomic E-state index is 12.4. The molecule has 2 aromatic heterocycles. The fraction of sp³-hybridized carbons (Fsp3) is 0.222. The number of nitrogens with one attached hydrogen (secondary N) is 3. The van der Waals surface area contributed by atoms with Crippen LogP contribution in [0.1, 0.15) is 18.3 Å². The molecule has 0 fully saturated rings. The second-order valence-electron chi connectivity index (χ2n) is 6.14. The molecule has 0 aliphatic rings. The number of thiocarbonyl (C=S) groups is 1. The van der Waals surface area contributed by atoms with Crippen molar-refractivity contribution >= 4 is 44.7 Å². The standard InChI is InChI=1S/C18H21N7O2S2/c1-4-25-13(3)16(12(2)23-25)22-18(28)21-14-6-8-15(9-7-14)29(26,27)24-17-19-10-5-11-20-17/h5-11H,4H2,1-3H3,(H,19,20,24)(H2,21,22,28). The van der Waals surface area contributed by atoms with Crippen LogP contribution in [-0.4, -0.2) is 33.3 Å². The molecule has 0 bridgehead atoms. The summed E-state index contributed by atoms with van der Waals surface area (Å²) in [4.78, 5) is 7.81. The molecule has 11 heteroatoms. The Balaban J connectivity index is 1.67. The number of hydrogen-bond donors (Lipinski definition) is 3. The molecule has 3 N–H and O–H groups in total. The lowest BCUT2D eigenvalue weighted by atomic mass is 10.3. The number of sulfonamides is 1. The Kier molecular flexibility index (Phi) is 6.09. The van der Waals surface area contributed by atoms with Gasteiger partial charge in [0.15, 0.2) is 5.11 Å². The summed E-state index contributed by atoms with van der Waals surface area (Å²) in [6, 6.07) is 7.81. The molecule has 0 aliphatic heterocycles. The molecule has 2 heterocycles. The second kappa shape index (κ2) is 8.53. The summed E-state index contributed by atoms with van der Waals surface area (Å²) in [7, 11) is -3.78. The van der Waals surface area contributed by atoms with Crippen LogP contribution in [0.2, 0.25) is 0 Å². The fourth-order valence-corrected chi connectivity index (χ4v) is 3.89. The summed E-state index contributed by atoms with van der Waals surface area (Å²) in [5, 5.41) is 11.0. The molecular weight excluding hydrogens is 410 g/mol. The van der Waals surface area contributed by atoms with Gasteiger partial charge in [-0.25, -0.2) is 23.1 Å². The molecule has 152 valence electrons. The highest BCUT2D eigenvalue weighted by Gasteiger charge is 2.16. The van der Waals surface area contributed by atoms with E-state index >= 15 is 0 Å². The predicted molar refractivity (Wildman–Crippen MR) is 117 cm³/mol. The first-order valence-corrected chi connectivity index (χ1v) is 10.7. The first-order valence-electron chi connectivity index (χ1n) is 8.82. The first kappa shape index (κ1) is 20.7. The average molecular weight is 432 g/mol. The van der Waals surface area contributed by atoms with E-state index in [2.05, 4.69) is 30.4 Å². The minimum Gasteiger partial charge on any atom is -0.332 e. The highest BCUT2D eigenvalue weighted by Crippen LogP contribution is 2.20. The van der Waals surface area contributed by atoms with Crippen LogP contribution >= 0.6 is 12.2 Å². The lowest BCUT2D eigenvalue weighted by Crippen LogP contribution is -2.20. The molecule has 0 radical (unpaired) electrons. The van der Waals surface area contributed by atoms with Gasteiger partial charge >= 0.3 is 0 Å². The molecule has 0 atom stereocenters. The highest BCUT2D eigenvalue weighted by atomic mass is 32.2. The molecule has 3 rings (SSSR count). The smallest absolute Gasteiger partial charge is 0.264 e. The molecule has 9 nitrogen and oxygen atoms in total. The zero-order valence-corrected chi connectivity index (χ0v) is 17.8. The Morgan fingerprint density at radius 3 is 2.34 bits per heavy atom. The van der Waals surface area contributed by atoms with Crippen molar-refractivity contribution in [1.82, 2.24) is 19.7 Å². The van der Waals surface area contributed by atoms with Crippen molar-refractivity contribution in [2.75, 3.05) is 15.4 Å². The molecule has 3 aromatic rings. The lowest BCUT2D eigenvalue weighted by Gasteiger charge is -2.12. The number of nitrogens with zero attached hydrogens (tertiary/aromatic N) is 4. The highest BCUT2D eigenvalue weighted by molar-refractivity contribution is 7.92.